The number of rotatable bonds is 5. The van der Waals surface area contributed by atoms with Crippen LogP contribution in [-0.2, 0) is 0 Å². The molecular formula is C17H21NO. The van der Waals surface area contributed by atoms with E-state index in [1.165, 1.54) is 16.7 Å². The molecular weight excluding hydrogens is 234 g/mol. The smallest absolute Gasteiger partial charge is 0.119 e. The highest BCUT2D eigenvalue weighted by molar-refractivity contribution is 5.35. The standard InChI is InChI=1S/C17H21NO/c1-13-8-7-11-16(14(13)2)17(18-3)12-19-15-9-5-4-6-10-15/h4-11,17-18H,12H2,1-3H3. The van der Waals surface area contributed by atoms with Crippen LogP contribution in [0.15, 0.2) is 48.5 Å². The van der Waals surface area contributed by atoms with Gasteiger partial charge < -0.3 is 10.1 Å². The Bertz CT molecular complexity index is 522. The fourth-order valence-corrected chi connectivity index (χ4v) is 2.18. The van der Waals surface area contributed by atoms with Gasteiger partial charge in [-0.2, -0.15) is 0 Å². The summed E-state index contributed by atoms with van der Waals surface area (Å²) in [7, 11) is 1.97. The average Bonchev–Trinajstić information content (AvgIpc) is 2.45. The molecule has 0 saturated heterocycles. The normalized spacial score (nSPS) is 12.2. The number of ether oxygens (including phenoxy) is 1. The van der Waals surface area contributed by atoms with E-state index in [9.17, 15) is 0 Å². The van der Waals surface area contributed by atoms with Crippen molar-refractivity contribution in [1.82, 2.24) is 5.32 Å². The first-order chi connectivity index (χ1) is 9.22. The molecule has 0 saturated carbocycles. The van der Waals surface area contributed by atoms with E-state index in [2.05, 4.69) is 37.4 Å². The van der Waals surface area contributed by atoms with E-state index in [1.807, 2.05) is 37.4 Å². The molecule has 1 atom stereocenters. The molecule has 1 N–H and O–H groups in total. The molecule has 0 spiro atoms. The van der Waals surface area contributed by atoms with E-state index in [1.54, 1.807) is 0 Å². The first kappa shape index (κ1) is 13.6. The second-order valence-electron chi connectivity index (χ2n) is 4.75. The molecule has 0 heterocycles. The third kappa shape index (κ3) is 3.36. The van der Waals surface area contributed by atoms with Gasteiger partial charge in [-0.15, -0.1) is 0 Å². The zero-order chi connectivity index (χ0) is 13.7. The van der Waals surface area contributed by atoms with Crippen LogP contribution in [0.4, 0.5) is 0 Å². The Morgan fingerprint density at radius 1 is 1.00 bits per heavy atom. The molecule has 2 aromatic carbocycles. The van der Waals surface area contributed by atoms with E-state index in [4.69, 9.17) is 4.74 Å². The van der Waals surface area contributed by atoms with Crippen LogP contribution in [0.3, 0.4) is 0 Å². The quantitative estimate of drug-likeness (QED) is 0.880. The van der Waals surface area contributed by atoms with Gasteiger partial charge in [0.05, 0.1) is 6.04 Å². The second kappa shape index (κ2) is 6.39. The molecule has 1 unspecified atom stereocenters. The van der Waals surface area contributed by atoms with E-state index in [0.717, 1.165) is 5.75 Å². The van der Waals surface area contributed by atoms with Gasteiger partial charge in [-0.3, -0.25) is 0 Å². The van der Waals surface area contributed by atoms with E-state index >= 15 is 0 Å². The lowest BCUT2D eigenvalue weighted by molar-refractivity contribution is 0.272. The highest BCUT2D eigenvalue weighted by atomic mass is 16.5. The third-order valence-electron chi connectivity index (χ3n) is 3.53. The molecule has 2 aromatic rings. The van der Waals surface area contributed by atoms with Crippen LogP contribution >= 0.6 is 0 Å². The molecule has 0 bridgehead atoms. The molecule has 0 aromatic heterocycles. The van der Waals surface area contributed by atoms with Crippen LogP contribution < -0.4 is 10.1 Å². The number of para-hydroxylation sites is 1. The zero-order valence-electron chi connectivity index (χ0n) is 11.8. The summed E-state index contributed by atoms with van der Waals surface area (Å²) < 4.78 is 5.85. The molecule has 0 radical (unpaired) electrons. The van der Waals surface area contributed by atoms with Crippen molar-refractivity contribution in [1.29, 1.82) is 0 Å². The first-order valence-electron chi connectivity index (χ1n) is 6.63. The van der Waals surface area contributed by atoms with Gasteiger partial charge in [-0.05, 0) is 49.7 Å². The van der Waals surface area contributed by atoms with Crippen LogP contribution in [0, 0.1) is 13.8 Å². The van der Waals surface area contributed by atoms with Crippen molar-refractivity contribution in [3.63, 3.8) is 0 Å². The van der Waals surface area contributed by atoms with Crippen LogP contribution in [0.1, 0.15) is 22.7 Å². The summed E-state index contributed by atoms with van der Waals surface area (Å²) in [6.45, 7) is 4.94. The van der Waals surface area contributed by atoms with Gasteiger partial charge in [-0.1, -0.05) is 36.4 Å². The maximum absolute atomic E-state index is 5.85. The van der Waals surface area contributed by atoms with Crippen molar-refractivity contribution in [3.8, 4) is 5.75 Å². The molecule has 100 valence electrons. The van der Waals surface area contributed by atoms with Gasteiger partial charge in [0.15, 0.2) is 0 Å². The molecule has 0 aliphatic carbocycles. The SMILES string of the molecule is CNC(COc1ccccc1)c1cccc(C)c1C. The van der Waals surface area contributed by atoms with Gasteiger partial charge in [0, 0.05) is 0 Å². The van der Waals surface area contributed by atoms with Crippen molar-refractivity contribution < 1.29 is 4.74 Å². The second-order valence-corrected chi connectivity index (χ2v) is 4.75. The Hall–Kier alpha value is -1.80. The van der Waals surface area contributed by atoms with Crippen LogP contribution in [-0.4, -0.2) is 13.7 Å². The fourth-order valence-electron chi connectivity index (χ4n) is 2.18. The lowest BCUT2D eigenvalue weighted by atomic mass is 9.98. The maximum atomic E-state index is 5.85. The van der Waals surface area contributed by atoms with E-state index in [-0.39, 0.29) is 6.04 Å². The predicted molar refractivity (Wildman–Crippen MR) is 79.7 cm³/mol. The topological polar surface area (TPSA) is 21.3 Å². The molecule has 0 aliphatic rings. The van der Waals surface area contributed by atoms with Crippen LogP contribution in [0.2, 0.25) is 0 Å². The molecule has 19 heavy (non-hydrogen) atoms. The predicted octanol–water partition coefficient (Wildman–Crippen LogP) is 3.64. The van der Waals surface area contributed by atoms with Gasteiger partial charge in [0.25, 0.3) is 0 Å². The minimum atomic E-state index is 0.208. The Morgan fingerprint density at radius 3 is 2.42 bits per heavy atom. The molecule has 2 nitrogen and oxygen atoms in total. The van der Waals surface area contributed by atoms with E-state index < -0.39 is 0 Å². The van der Waals surface area contributed by atoms with Crippen molar-refractivity contribution in [2.24, 2.45) is 0 Å². The molecule has 0 amide bonds. The van der Waals surface area contributed by atoms with Crippen LogP contribution in [0.25, 0.3) is 0 Å². The summed E-state index contributed by atoms with van der Waals surface area (Å²) in [5.41, 5.74) is 3.95. The maximum Gasteiger partial charge on any atom is 0.119 e. The fraction of sp³-hybridized carbons (Fsp3) is 0.294. The highest BCUT2D eigenvalue weighted by Gasteiger charge is 2.13. The van der Waals surface area contributed by atoms with Gasteiger partial charge in [0.1, 0.15) is 12.4 Å². The highest BCUT2D eigenvalue weighted by Crippen LogP contribution is 2.21. The summed E-state index contributed by atoms with van der Waals surface area (Å²) in [6.07, 6.45) is 0. The molecule has 2 rings (SSSR count). The third-order valence-corrected chi connectivity index (χ3v) is 3.53. The molecule has 0 fully saturated rings. The van der Waals surface area contributed by atoms with Gasteiger partial charge in [-0.25, -0.2) is 0 Å². The van der Waals surface area contributed by atoms with E-state index in [0.29, 0.717) is 6.61 Å². The van der Waals surface area contributed by atoms with Crippen LogP contribution in [0.5, 0.6) is 5.75 Å². The minimum Gasteiger partial charge on any atom is -0.492 e. The summed E-state index contributed by atoms with van der Waals surface area (Å²) in [5, 5.41) is 3.33. The monoisotopic (exact) mass is 255 g/mol. The first-order valence-corrected chi connectivity index (χ1v) is 6.63. The van der Waals surface area contributed by atoms with Crippen molar-refractivity contribution in [2.75, 3.05) is 13.7 Å². The zero-order valence-corrected chi connectivity index (χ0v) is 11.8. The summed E-state index contributed by atoms with van der Waals surface area (Å²) in [5.74, 6) is 0.910. The number of nitrogens with one attached hydrogen (secondary N) is 1. The summed E-state index contributed by atoms with van der Waals surface area (Å²) in [4.78, 5) is 0. The number of benzene rings is 2. The number of hydrogen-bond donors (Lipinski definition) is 1. The Balaban J connectivity index is 2.10. The summed E-state index contributed by atoms with van der Waals surface area (Å²) in [6, 6.07) is 16.5. The average molecular weight is 255 g/mol. The molecule has 0 aliphatic heterocycles. The Morgan fingerprint density at radius 2 is 1.74 bits per heavy atom. The van der Waals surface area contributed by atoms with Gasteiger partial charge in [0.2, 0.25) is 0 Å². The summed E-state index contributed by atoms with van der Waals surface area (Å²) >= 11 is 0. The Kier molecular flexibility index (Phi) is 4.58. The number of likely N-dealkylation sites (N-methyl/N-ethyl adjacent to an activating group) is 1. The van der Waals surface area contributed by atoms with Crippen molar-refractivity contribution in [2.45, 2.75) is 19.9 Å². The lowest BCUT2D eigenvalue weighted by Crippen LogP contribution is -2.24. The van der Waals surface area contributed by atoms with Crippen molar-refractivity contribution >= 4 is 0 Å². The number of hydrogen-bond acceptors (Lipinski definition) is 2. The Labute approximate surface area is 115 Å². The van der Waals surface area contributed by atoms with Gasteiger partial charge >= 0.3 is 0 Å². The minimum absolute atomic E-state index is 0.208. The largest absolute Gasteiger partial charge is 0.492 e. The number of aryl methyl sites for hydroxylation is 1. The molecule has 2 heteroatoms. The lowest BCUT2D eigenvalue weighted by Gasteiger charge is -2.20. The van der Waals surface area contributed by atoms with Crippen molar-refractivity contribution in [3.05, 3.63) is 65.2 Å².